The van der Waals surface area contributed by atoms with E-state index in [1.807, 2.05) is 0 Å². The second kappa shape index (κ2) is 16.5. The summed E-state index contributed by atoms with van der Waals surface area (Å²) in [6.07, 6.45) is -5.78. The number of anilines is 1. The Morgan fingerprint density at radius 2 is 1.77 bits per heavy atom. The molecule has 21 nitrogen and oxygen atoms in total. The highest BCUT2D eigenvalue weighted by Gasteiger charge is 2.50. The maximum absolute atomic E-state index is 16.4. The van der Waals surface area contributed by atoms with E-state index in [-0.39, 0.29) is 24.2 Å². The van der Waals surface area contributed by atoms with Crippen LogP contribution in [0.1, 0.15) is 74.1 Å². The fourth-order valence-corrected chi connectivity index (χ4v) is 5.85. The van der Waals surface area contributed by atoms with Crippen LogP contribution in [0.3, 0.4) is 0 Å². The molecule has 4 heterocycles. The number of fused-ring (bicyclic) bond motifs is 1. The van der Waals surface area contributed by atoms with Crippen LogP contribution in [0.15, 0.2) is 35.7 Å². The summed E-state index contributed by atoms with van der Waals surface area (Å²) in [6.45, 7) is 13.3. The van der Waals surface area contributed by atoms with Crippen molar-refractivity contribution in [3.63, 3.8) is 0 Å². The van der Waals surface area contributed by atoms with E-state index >= 15 is 4.39 Å². The van der Waals surface area contributed by atoms with E-state index in [1.54, 1.807) is 79.7 Å². The molecule has 2 amide bonds. The van der Waals surface area contributed by atoms with Crippen molar-refractivity contribution >= 4 is 46.9 Å². The average Bonchev–Trinajstić information content (AvgIpc) is 3.86. The van der Waals surface area contributed by atoms with Gasteiger partial charge in [0.2, 0.25) is 11.5 Å². The summed E-state index contributed by atoms with van der Waals surface area (Å²) in [5.41, 5.74) is 5.67. The van der Waals surface area contributed by atoms with Crippen LogP contribution in [0.5, 0.6) is 0 Å². The first-order valence-electron chi connectivity index (χ1n) is 17.8. The molecule has 1 saturated heterocycles. The van der Waals surface area contributed by atoms with Gasteiger partial charge in [-0.15, -0.1) is 5.10 Å². The molecule has 5 atom stereocenters. The fraction of sp³-hybridized carbons (Fsp3) is 0.543. The van der Waals surface area contributed by atoms with Crippen molar-refractivity contribution in [2.45, 2.75) is 104 Å². The normalized spacial score (nSPS) is 19.3. The number of rotatable bonds is 12. The maximum Gasteiger partial charge on any atom is 0.425 e. The van der Waals surface area contributed by atoms with Gasteiger partial charge < -0.3 is 23.7 Å². The molecule has 1 fully saturated rings. The fourth-order valence-electron chi connectivity index (χ4n) is 5.85. The van der Waals surface area contributed by atoms with Crippen molar-refractivity contribution in [1.82, 2.24) is 40.1 Å². The lowest BCUT2D eigenvalue weighted by Crippen LogP contribution is -2.52. The number of aromatic nitrogens is 8. The predicted octanol–water partition coefficient (Wildman–Crippen LogP) is 5.65. The number of esters is 1. The molecule has 0 bridgehead atoms. The topological polar surface area (TPSA) is 264 Å². The molecule has 0 saturated carbocycles. The van der Waals surface area contributed by atoms with Crippen LogP contribution in [0.2, 0.25) is 0 Å². The van der Waals surface area contributed by atoms with Gasteiger partial charge in [-0.3, -0.25) is 9.36 Å². The van der Waals surface area contributed by atoms with E-state index in [0.717, 1.165) is 6.33 Å². The summed E-state index contributed by atoms with van der Waals surface area (Å²) in [7, 11) is 0. The minimum absolute atomic E-state index is 0.0549. The zero-order valence-electron chi connectivity index (χ0n) is 32.8. The second-order valence-corrected chi connectivity index (χ2v) is 15.1. The third kappa shape index (κ3) is 9.30. The molecule has 1 aromatic carbocycles. The van der Waals surface area contributed by atoms with Crippen LogP contribution in [-0.2, 0) is 39.7 Å². The number of alkyl halides is 1. The third-order valence-electron chi connectivity index (χ3n) is 8.51. The lowest BCUT2D eigenvalue weighted by atomic mass is 9.89. The highest BCUT2D eigenvalue weighted by Crippen LogP contribution is 2.40. The monoisotopic (exact) mass is 794 g/mol. The minimum Gasteiger partial charge on any atom is -0.463 e. The molecule has 0 spiro atoms. The molecule has 57 heavy (non-hydrogen) atoms. The molecule has 5 rings (SSSR count). The van der Waals surface area contributed by atoms with Crippen molar-refractivity contribution in [2.24, 2.45) is 11.0 Å². The number of aromatic amines is 1. The van der Waals surface area contributed by atoms with Crippen molar-refractivity contribution in [3.05, 3.63) is 46.6 Å². The number of imide groups is 1. The van der Waals surface area contributed by atoms with Gasteiger partial charge in [0.1, 0.15) is 11.2 Å². The molecule has 0 radical (unpaired) electrons. The number of ether oxygens (including phenoxy) is 5. The van der Waals surface area contributed by atoms with Gasteiger partial charge in [0.15, 0.2) is 41.0 Å². The quantitative estimate of drug-likeness (QED) is 0.0454. The Hall–Kier alpha value is -6.12. The van der Waals surface area contributed by atoms with Gasteiger partial charge in [0.05, 0.1) is 25.6 Å². The van der Waals surface area contributed by atoms with Crippen molar-refractivity contribution in [3.8, 4) is 11.4 Å². The summed E-state index contributed by atoms with van der Waals surface area (Å²) in [5, 5.41) is 17.2. The number of hydrogen-bond acceptors (Lipinski definition) is 16. The number of Topliss-reactive ketones (excluding diaryl/α,β-unsaturated/α-hetero) is 1. The number of nitrogens with zero attached hydrogens (tertiary/aromatic N) is 11. The SMILES string of the molecule is CCOC(=O)C(Cc1cccc(-c2nnn[nH]2)c1)(OC[C@H]1O[C@@H](n2cnc3c(N(C(=O)OC(C)(C)C)C(=O)OC(C)(C)C)nc(N=[N+]=[N-])nc32)[C@@H](F)[C@@H]1C)C(C)=O. The number of tetrazole rings is 1. The number of carbonyl (C=O) groups excluding carboxylic acids is 4. The zero-order chi connectivity index (χ0) is 41.9. The van der Waals surface area contributed by atoms with Gasteiger partial charge in [-0.05, 0) is 88.1 Å². The van der Waals surface area contributed by atoms with Crippen LogP contribution < -0.4 is 4.90 Å². The van der Waals surface area contributed by atoms with E-state index in [4.69, 9.17) is 23.7 Å². The second-order valence-electron chi connectivity index (χ2n) is 15.1. The van der Waals surface area contributed by atoms with Crippen LogP contribution in [0.25, 0.3) is 33.0 Å². The van der Waals surface area contributed by atoms with E-state index in [1.165, 1.54) is 11.5 Å². The van der Waals surface area contributed by atoms with Gasteiger partial charge in [0.25, 0.3) is 0 Å². The number of benzene rings is 1. The number of amides is 2. The Morgan fingerprint density at radius 1 is 1.09 bits per heavy atom. The van der Waals surface area contributed by atoms with Crippen LogP contribution >= 0.6 is 0 Å². The van der Waals surface area contributed by atoms with Crippen molar-refractivity contribution < 1.29 is 47.3 Å². The van der Waals surface area contributed by atoms with Crippen molar-refractivity contribution in [2.75, 3.05) is 18.1 Å². The van der Waals surface area contributed by atoms with Crippen molar-refractivity contribution in [1.29, 1.82) is 0 Å². The van der Waals surface area contributed by atoms with Gasteiger partial charge in [-0.2, -0.15) is 4.90 Å². The van der Waals surface area contributed by atoms with Gasteiger partial charge in [-0.25, -0.2) is 38.8 Å². The third-order valence-corrected chi connectivity index (χ3v) is 8.51. The highest BCUT2D eigenvalue weighted by atomic mass is 19.1. The Labute approximate surface area is 325 Å². The van der Waals surface area contributed by atoms with Gasteiger partial charge >= 0.3 is 18.2 Å². The largest absolute Gasteiger partial charge is 0.463 e. The van der Waals surface area contributed by atoms with Crippen LogP contribution in [-0.4, -0.2) is 106 Å². The van der Waals surface area contributed by atoms with E-state index in [0.29, 0.717) is 21.9 Å². The molecule has 0 aliphatic carbocycles. The molecule has 1 aliphatic rings. The number of nitrogens with one attached hydrogen (secondary N) is 1. The summed E-state index contributed by atoms with van der Waals surface area (Å²) < 4.78 is 46.1. The van der Waals surface area contributed by atoms with Crippen LogP contribution in [0.4, 0.5) is 25.7 Å². The first-order valence-corrected chi connectivity index (χ1v) is 17.8. The summed E-state index contributed by atoms with van der Waals surface area (Å²) in [6, 6.07) is 6.80. The van der Waals surface area contributed by atoms with E-state index in [9.17, 15) is 24.7 Å². The number of ketones is 1. The lowest BCUT2D eigenvalue weighted by molar-refractivity contribution is -0.182. The number of H-pyrrole nitrogens is 1. The summed E-state index contributed by atoms with van der Waals surface area (Å²) >= 11 is 0. The van der Waals surface area contributed by atoms with E-state index < -0.39 is 83.5 Å². The predicted molar refractivity (Wildman–Crippen MR) is 196 cm³/mol. The minimum atomic E-state index is -2.15. The first kappa shape index (κ1) is 42.0. The number of hydrogen-bond donors (Lipinski definition) is 1. The standard InChI is InChI=1S/C35H43FN12O9/c1-10-53-29(50)35(19(3)49,15-20-12-11-13-21(14-20)25-41-45-46-42-25)54-16-22-18(2)23(36)28(55-22)47-17-38-24-26(47)39-30(43-44-37)40-27(24)48(31(51)56-33(4,5)6)32(52)57-34(7,8)9/h11-14,17-18,22-23,28H,10,15-16H2,1-9H3,(H,41,42,45,46)/t18-,22-,23+,28-,35?/m1/s1. The molecule has 1 N–H and O–H groups in total. The number of azide groups is 1. The number of carbonyl (C=O) groups is 4. The molecule has 4 aromatic rings. The van der Waals surface area contributed by atoms with Gasteiger partial charge in [-0.1, -0.05) is 25.1 Å². The molecular weight excluding hydrogens is 751 g/mol. The molecule has 1 aliphatic heterocycles. The molecule has 1 unspecified atom stereocenters. The highest BCUT2D eigenvalue weighted by molar-refractivity contribution is 6.12. The number of halogens is 1. The maximum atomic E-state index is 16.4. The molecular formula is C35H43FN12O9. The Morgan fingerprint density at radius 3 is 2.35 bits per heavy atom. The van der Waals surface area contributed by atoms with E-state index in [2.05, 4.69) is 45.6 Å². The molecule has 22 heteroatoms. The first-order chi connectivity index (χ1) is 26.8. The Bertz CT molecular complexity index is 2150. The molecule has 3 aromatic heterocycles. The Kier molecular flexibility index (Phi) is 12.2. The zero-order valence-corrected chi connectivity index (χ0v) is 32.8. The van der Waals surface area contributed by atoms with Gasteiger partial charge in [0, 0.05) is 22.8 Å². The lowest BCUT2D eigenvalue weighted by Gasteiger charge is -2.31. The Balaban J connectivity index is 1.50. The molecule has 304 valence electrons. The smallest absolute Gasteiger partial charge is 0.425 e. The van der Waals surface area contributed by atoms with Crippen LogP contribution in [0, 0.1) is 5.92 Å². The summed E-state index contributed by atoms with van der Waals surface area (Å²) in [5.74, 6) is -3.19. The summed E-state index contributed by atoms with van der Waals surface area (Å²) in [4.78, 5) is 69.8. The average molecular weight is 795 g/mol. The number of imidazole rings is 1.